The molecule has 1 aromatic rings. The van der Waals surface area contributed by atoms with Crippen molar-refractivity contribution in [3.8, 4) is 5.75 Å². The first kappa shape index (κ1) is 16.1. The van der Waals surface area contributed by atoms with Gasteiger partial charge in [-0.05, 0) is 49.1 Å². The van der Waals surface area contributed by atoms with E-state index in [9.17, 15) is 4.39 Å². The Kier molecular flexibility index (Phi) is 5.13. The Labute approximate surface area is 128 Å². The molecule has 1 aliphatic rings. The third-order valence-electron chi connectivity index (χ3n) is 4.73. The SMILES string of the molecule is COc1ccc(F)c(NC2CCCC(C(C)(C)C)CC2)c1. The molecule has 3 heteroatoms. The van der Waals surface area contributed by atoms with E-state index in [1.807, 2.05) is 0 Å². The summed E-state index contributed by atoms with van der Waals surface area (Å²) in [5, 5.41) is 3.38. The van der Waals surface area contributed by atoms with Crippen LogP contribution in [0, 0.1) is 17.2 Å². The molecule has 1 aromatic carbocycles. The first-order chi connectivity index (χ1) is 9.90. The number of hydrogen-bond donors (Lipinski definition) is 1. The minimum Gasteiger partial charge on any atom is -0.497 e. The molecule has 21 heavy (non-hydrogen) atoms. The lowest BCUT2D eigenvalue weighted by atomic mass is 9.76. The van der Waals surface area contributed by atoms with Crippen LogP contribution in [0.5, 0.6) is 5.75 Å². The molecule has 0 saturated heterocycles. The largest absolute Gasteiger partial charge is 0.497 e. The molecular weight excluding hydrogens is 265 g/mol. The number of benzene rings is 1. The van der Waals surface area contributed by atoms with Crippen molar-refractivity contribution in [2.45, 2.75) is 58.9 Å². The maximum absolute atomic E-state index is 13.9. The molecule has 0 amide bonds. The average Bonchev–Trinajstić information content (AvgIpc) is 2.66. The summed E-state index contributed by atoms with van der Waals surface area (Å²) in [4.78, 5) is 0. The van der Waals surface area contributed by atoms with E-state index in [1.165, 1.54) is 25.3 Å². The standard InChI is InChI=1S/C18H28FNO/c1-18(2,3)13-6-5-7-14(9-8-13)20-17-12-15(21-4)10-11-16(17)19/h10-14,20H,5-9H2,1-4H3. The van der Waals surface area contributed by atoms with E-state index in [4.69, 9.17) is 4.74 Å². The predicted molar refractivity (Wildman–Crippen MR) is 86.4 cm³/mol. The van der Waals surface area contributed by atoms with E-state index in [-0.39, 0.29) is 5.82 Å². The third-order valence-corrected chi connectivity index (χ3v) is 4.73. The lowest BCUT2D eigenvalue weighted by Gasteiger charge is -2.29. The maximum atomic E-state index is 13.9. The summed E-state index contributed by atoms with van der Waals surface area (Å²) in [5.41, 5.74) is 0.935. The molecular formula is C18H28FNO. The maximum Gasteiger partial charge on any atom is 0.146 e. The number of anilines is 1. The Bertz CT molecular complexity index is 467. The van der Waals surface area contributed by atoms with Gasteiger partial charge in [-0.2, -0.15) is 0 Å². The number of halogens is 1. The van der Waals surface area contributed by atoms with Gasteiger partial charge in [0.2, 0.25) is 0 Å². The van der Waals surface area contributed by atoms with Crippen LogP contribution in [0.2, 0.25) is 0 Å². The number of hydrogen-bond acceptors (Lipinski definition) is 2. The molecule has 1 N–H and O–H groups in total. The zero-order valence-corrected chi connectivity index (χ0v) is 13.7. The van der Waals surface area contributed by atoms with E-state index in [2.05, 4.69) is 26.1 Å². The van der Waals surface area contributed by atoms with Crippen molar-refractivity contribution < 1.29 is 9.13 Å². The molecule has 118 valence electrons. The van der Waals surface area contributed by atoms with Gasteiger partial charge in [0.15, 0.2) is 0 Å². The summed E-state index contributed by atoms with van der Waals surface area (Å²) in [6.45, 7) is 6.98. The van der Waals surface area contributed by atoms with Crippen LogP contribution in [0.4, 0.5) is 10.1 Å². The fourth-order valence-electron chi connectivity index (χ4n) is 3.27. The fourth-order valence-corrected chi connectivity index (χ4v) is 3.27. The highest BCUT2D eigenvalue weighted by Gasteiger charge is 2.27. The van der Waals surface area contributed by atoms with E-state index >= 15 is 0 Å². The van der Waals surface area contributed by atoms with Crippen LogP contribution in [-0.4, -0.2) is 13.2 Å². The van der Waals surface area contributed by atoms with Crippen LogP contribution in [0.1, 0.15) is 52.9 Å². The molecule has 1 fully saturated rings. The van der Waals surface area contributed by atoms with Crippen LogP contribution in [0.3, 0.4) is 0 Å². The molecule has 0 bridgehead atoms. The summed E-state index contributed by atoms with van der Waals surface area (Å²) in [7, 11) is 1.61. The molecule has 0 radical (unpaired) electrons. The summed E-state index contributed by atoms with van der Waals surface area (Å²) in [5.74, 6) is 1.26. The average molecular weight is 293 g/mol. The zero-order valence-electron chi connectivity index (χ0n) is 13.7. The van der Waals surface area contributed by atoms with Gasteiger partial charge in [0, 0.05) is 12.1 Å². The third kappa shape index (κ3) is 4.36. The molecule has 2 unspecified atom stereocenters. The van der Waals surface area contributed by atoms with Crippen molar-refractivity contribution in [1.29, 1.82) is 0 Å². The molecule has 2 rings (SSSR count). The molecule has 0 spiro atoms. The van der Waals surface area contributed by atoms with Gasteiger partial charge in [0.25, 0.3) is 0 Å². The summed E-state index contributed by atoms with van der Waals surface area (Å²) >= 11 is 0. The quantitative estimate of drug-likeness (QED) is 0.769. The second-order valence-corrected chi connectivity index (χ2v) is 7.26. The second-order valence-electron chi connectivity index (χ2n) is 7.26. The smallest absolute Gasteiger partial charge is 0.146 e. The normalized spacial score (nSPS) is 23.5. The highest BCUT2D eigenvalue weighted by atomic mass is 19.1. The van der Waals surface area contributed by atoms with Crippen molar-refractivity contribution in [2.24, 2.45) is 11.3 Å². The van der Waals surface area contributed by atoms with Crippen LogP contribution in [0.15, 0.2) is 18.2 Å². The Morgan fingerprint density at radius 1 is 1.14 bits per heavy atom. The molecule has 0 aromatic heterocycles. The van der Waals surface area contributed by atoms with Crippen LogP contribution in [-0.2, 0) is 0 Å². The Balaban J connectivity index is 2.01. The Morgan fingerprint density at radius 2 is 1.90 bits per heavy atom. The molecule has 1 saturated carbocycles. The predicted octanol–water partition coefficient (Wildman–Crippen LogP) is 5.24. The van der Waals surface area contributed by atoms with Gasteiger partial charge in [0.05, 0.1) is 12.8 Å². The lowest BCUT2D eigenvalue weighted by molar-refractivity contribution is 0.214. The lowest BCUT2D eigenvalue weighted by Crippen LogP contribution is -2.22. The minimum absolute atomic E-state index is 0.201. The van der Waals surface area contributed by atoms with Crippen molar-refractivity contribution in [3.63, 3.8) is 0 Å². The minimum atomic E-state index is -0.201. The van der Waals surface area contributed by atoms with E-state index in [1.54, 1.807) is 19.2 Å². The monoisotopic (exact) mass is 293 g/mol. The highest BCUT2D eigenvalue weighted by molar-refractivity contribution is 5.50. The van der Waals surface area contributed by atoms with Crippen molar-refractivity contribution in [3.05, 3.63) is 24.0 Å². The Hall–Kier alpha value is -1.25. The number of nitrogens with one attached hydrogen (secondary N) is 1. The highest BCUT2D eigenvalue weighted by Crippen LogP contribution is 2.37. The first-order valence-corrected chi connectivity index (χ1v) is 8.00. The first-order valence-electron chi connectivity index (χ1n) is 8.00. The summed E-state index contributed by atoms with van der Waals surface area (Å²) in [6, 6.07) is 5.24. The van der Waals surface area contributed by atoms with Gasteiger partial charge in [-0.3, -0.25) is 0 Å². The molecule has 0 aliphatic heterocycles. The van der Waals surface area contributed by atoms with Gasteiger partial charge in [-0.15, -0.1) is 0 Å². The molecule has 2 nitrogen and oxygen atoms in total. The van der Waals surface area contributed by atoms with Crippen LogP contribution in [0.25, 0.3) is 0 Å². The van der Waals surface area contributed by atoms with E-state index in [0.29, 0.717) is 22.9 Å². The van der Waals surface area contributed by atoms with Gasteiger partial charge in [-0.25, -0.2) is 4.39 Å². The van der Waals surface area contributed by atoms with E-state index in [0.717, 1.165) is 18.8 Å². The molecule has 0 heterocycles. The van der Waals surface area contributed by atoms with Crippen molar-refractivity contribution in [1.82, 2.24) is 0 Å². The fraction of sp³-hybridized carbons (Fsp3) is 0.667. The van der Waals surface area contributed by atoms with Gasteiger partial charge in [-0.1, -0.05) is 27.2 Å². The number of rotatable bonds is 3. The van der Waals surface area contributed by atoms with Crippen LogP contribution >= 0.6 is 0 Å². The number of methoxy groups -OCH3 is 1. The molecule has 2 atom stereocenters. The van der Waals surface area contributed by atoms with Crippen molar-refractivity contribution >= 4 is 5.69 Å². The van der Waals surface area contributed by atoms with E-state index < -0.39 is 0 Å². The summed E-state index contributed by atoms with van der Waals surface area (Å²) < 4.78 is 19.1. The zero-order chi connectivity index (χ0) is 15.5. The van der Waals surface area contributed by atoms with Gasteiger partial charge < -0.3 is 10.1 Å². The second kappa shape index (κ2) is 6.67. The number of ether oxygens (including phenoxy) is 1. The topological polar surface area (TPSA) is 21.3 Å². The summed E-state index contributed by atoms with van der Waals surface area (Å²) in [6.07, 6.45) is 5.93. The molecule has 1 aliphatic carbocycles. The van der Waals surface area contributed by atoms with Gasteiger partial charge in [0.1, 0.15) is 11.6 Å². The van der Waals surface area contributed by atoms with Crippen molar-refractivity contribution in [2.75, 3.05) is 12.4 Å². The Morgan fingerprint density at radius 3 is 2.57 bits per heavy atom. The van der Waals surface area contributed by atoms with Gasteiger partial charge >= 0.3 is 0 Å². The van der Waals surface area contributed by atoms with Crippen LogP contribution < -0.4 is 10.1 Å².